The number of piperidine rings is 1. The zero-order valence-corrected chi connectivity index (χ0v) is 14.8. The number of halogens is 1. The average molecular weight is 354 g/mol. The summed E-state index contributed by atoms with van der Waals surface area (Å²) < 4.78 is 21.6. The average Bonchev–Trinajstić information content (AvgIpc) is 3.15. The summed E-state index contributed by atoms with van der Waals surface area (Å²) in [5.41, 5.74) is 1.81. The van der Waals surface area contributed by atoms with Crippen molar-refractivity contribution >= 4 is 0 Å². The number of rotatable bonds is 4. The Hall–Kier alpha value is -2.44. The number of hydrogen-bond acceptors (Lipinski definition) is 4. The molecule has 136 valence electrons. The van der Waals surface area contributed by atoms with Crippen molar-refractivity contribution in [2.45, 2.75) is 24.6 Å². The molecule has 1 aromatic carbocycles. The van der Waals surface area contributed by atoms with Crippen LogP contribution in [0.15, 0.2) is 55.0 Å². The van der Waals surface area contributed by atoms with Gasteiger partial charge in [-0.25, -0.2) is 9.37 Å². The summed E-state index contributed by atoms with van der Waals surface area (Å²) in [4.78, 5) is 4.70. The van der Waals surface area contributed by atoms with Gasteiger partial charge in [0.05, 0.1) is 12.0 Å². The molecule has 4 rings (SSSR count). The summed E-state index contributed by atoms with van der Waals surface area (Å²) in [6.45, 7) is 1.97. The van der Waals surface area contributed by atoms with E-state index >= 15 is 0 Å². The zero-order chi connectivity index (χ0) is 18.0. The lowest BCUT2D eigenvalue weighted by molar-refractivity contribution is 0.00159. The van der Waals surface area contributed by atoms with E-state index in [0.29, 0.717) is 6.04 Å². The van der Waals surface area contributed by atoms with E-state index < -0.39 is 5.72 Å². The van der Waals surface area contributed by atoms with E-state index in [0.717, 1.165) is 42.9 Å². The fourth-order valence-corrected chi connectivity index (χ4v) is 3.75. The van der Waals surface area contributed by atoms with E-state index in [1.807, 2.05) is 30.8 Å². The third kappa shape index (κ3) is 2.95. The maximum absolute atomic E-state index is 13.4. The number of imidazole rings is 1. The van der Waals surface area contributed by atoms with Crippen molar-refractivity contribution in [3.05, 3.63) is 66.5 Å². The fourth-order valence-electron chi connectivity index (χ4n) is 3.75. The van der Waals surface area contributed by atoms with E-state index in [1.54, 1.807) is 19.2 Å². The van der Waals surface area contributed by atoms with Gasteiger partial charge in [0.2, 0.25) is 5.72 Å². The largest absolute Gasteiger partial charge is 0.355 e. The second kappa shape index (κ2) is 7.05. The molecule has 1 aromatic heterocycles. The summed E-state index contributed by atoms with van der Waals surface area (Å²) in [6, 6.07) is 6.80. The quantitative estimate of drug-likeness (QED) is 0.886. The number of nitrogens with zero attached hydrogens (tertiary/aromatic N) is 2. The maximum Gasteiger partial charge on any atom is 0.201 e. The lowest BCUT2D eigenvalue weighted by Crippen LogP contribution is -2.43. The van der Waals surface area contributed by atoms with Gasteiger partial charge >= 0.3 is 0 Å². The van der Waals surface area contributed by atoms with Crippen LogP contribution in [0.4, 0.5) is 4.39 Å². The standard InChI is InChI=1S/C20H23FN4O/c1-26-20(10-2-3-11-24-20)19-18(15-4-6-16(21)7-5-15)23-14-25(19)17-8-12-22-13-9-17/h2-7,10-11,14,17,22,24H,8-9,12-13H2,1H3. The van der Waals surface area contributed by atoms with Crippen LogP contribution in [-0.4, -0.2) is 29.8 Å². The van der Waals surface area contributed by atoms with Gasteiger partial charge in [0.1, 0.15) is 11.5 Å². The number of aromatic nitrogens is 2. The van der Waals surface area contributed by atoms with E-state index in [2.05, 4.69) is 15.2 Å². The first-order valence-electron chi connectivity index (χ1n) is 8.95. The van der Waals surface area contributed by atoms with Crippen molar-refractivity contribution in [2.75, 3.05) is 20.2 Å². The first kappa shape index (κ1) is 17.0. The van der Waals surface area contributed by atoms with Gasteiger partial charge in [-0.05, 0) is 68.5 Å². The normalized spacial score (nSPS) is 23.2. The van der Waals surface area contributed by atoms with Crippen LogP contribution in [-0.2, 0) is 10.5 Å². The highest BCUT2D eigenvalue weighted by Gasteiger charge is 2.37. The van der Waals surface area contributed by atoms with Gasteiger partial charge in [-0.1, -0.05) is 6.08 Å². The van der Waals surface area contributed by atoms with E-state index in [1.165, 1.54) is 12.1 Å². The van der Waals surface area contributed by atoms with E-state index in [9.17, 15) is 4.39 Å². The molecule has 0 amide bonds. The Morgan fingerprint density at radius 3 is 2.62 bits per heavy atom. The van der Waals surface area contributed by atoms with Crippen molar-refractivity contribution in [3.8, 4) is 11.3 Å². The highest BCUT2D eigenvalue weighted by atomic mass is 19.1. The number of ether oxygens (including phenoxy) is 1. The van der Waals surface area contributed by atoms with Crippen LogP contribution in [0.1, 0.15) is 24.6 Å². The number of methoxy groups -OCH3 is 1. The molecule has 6 heteroatoms. The summed E-state index contributed by atoms with van der Waals surface area (Å²) in [5.74, 6) is -0.256. The van der Waals surface area contributed by atoms with Gasteiger partial charge in [0.15, 0.2) is 0 Å². The van der Waals surface area contributed by atoms with Crippen LogP contribution in [0.2, 0.25) is 0 Å². The van der Waals surface area contributed by atoms with Crippen LogP contribution in [0.3, 0.4) is 0 Å². The third-order valence-corrected chi connectivity index (χ3v) is 5.12. The van der Waals surface area contributed by atoms with Crippen molar-refractivity contribution in [1.29, 1.82) is 0 Å². The number of allylic oxidation sites excluding steroid dienone is 2. The maximum atomic E-state index is 13.4. The molecule has 0 aliphatic carbocycles. The molecule has 1 unspecified atom stereocenters. The molecule has 0 spiro atoms. The highest BCUT2D eigenvalue weighted by Crippen LogP contribution is 2.37. The number of hydrogen-bond donors (Lipinski definition) is 2. The van der Waals surface area contributed by atoms with Crippen molar-refractivity contribution in [2.24, 2.45) is 0 Å². The summed E-state index contributed by atoms with van der Waals surface area (Å²) >= 11 is 0. The highest BCUT2D eigenvalue weighted by molar-refractivity contribution is 5.64. The molecular formula is C20H23FN4O. The molecule has 2 aromatic rings. The molecule has 1 fully saturated rings. The Balaban J connectivity index is 1.86. The van der Waals surface area contributed by atoms with Gasteiger partial charge in [0.25, 0.3) is 0 Å². The number of nitrogens with one attached hydrogen (secondary N) is 2. The van der Waals surface area contributed by atoms with Crippen LogP contribution in [0.25, 0.3) is 11.3 Å². The Labute approximate surface area is 152 Å². The van der Waals surface area contributed by atoms with E-state index in [4.69, 9.17) is 9.72 Å². The molecule has 26 heavy (non-hydrogen) atoms. The fraction of sp³-hybridized carbons (Fsp3) is 0.350. The molecular weight excluding hydrogens is 331 g/mol. The van der Waals surface area contributed by atoms with Gasteiger partial charge in [0, 0.05) is 18.7 Å². The molecule has 0 bridgehead atoms. The zero-order valence-electron chi connectivity index (χ0n) is 14.8. The predicted molar refractivity (Wildman–Crippen MR) is 98.9 cm³/mol. The van der Waals surface area contributed by atoms with Crippen LogP contribution < -0.4 is 10.6 Å². The van der Waals surface area contributed by atoms with Crippen molar-refractivity contribution in [1.82, 2.24) is 20.2 Å². The summed E-state index contributed by atoms with van der Waals surface area (Å²) in [5, 5.41) is 6.75. The van der Waals surface area contributed by atoms with Crippen molar-refractivity contribution in [3.63, 3.8) is 0 Å². The Morgan fingerprint density at radius 2 is 1.96 bits per heavy atom. The summed E-state index contributed by atoms with van der Waals surface area (Å²) in [6.07, 6.45) is 11.7. The van der Waals surface area contributed by atoms with Gasteiger partial charge in [-0.2, -0.15) is 0 Å². The molecule has 0 saturated carbocycles. The molecule has 2 N–H and O–H groups in total. The third-order valence-electron chi connectivity index (χ3n) is 5.12. The minimum atomic E-state index is -0.806. The van der Waals surface area contributed by atoms with Crippen molar-refractivity contribution < 1.29 is 9.13 Å². The lowest BCUT2D eigenvalue weighted by atomic mass is 9.98. The first-order chi connectivity index (χ1) is 12.7. The number of dihydropyridines is 1. The van der Waals surface area contributed by atoms with Gasteiger partial charge in [-0.15, -0.1) is 0 Å². The molecule has 2 aliphatic heterocycles. The van der Waals surface area contributed by atoms with E-state index in [-0.39, 0.29) is 5.82 Å². The Kier molecular flexibility index (Phi) is 4.61. The van der Waals surface area contributed by atoms with Gasteiger partial charge < -0.3 is 19.9 Å². The summed E-state index contributed by atoms with van der Waals surface area (Å²) in [7, 11) is 1.69. The Bertz CT molecular complexity index is 821. The van der Waals surface area contributed by atoms with Crippen LogP contribution >= 0.6 is 0 Å². The number of benzene rings is 1. The predicted octanol–water partition coefficient (Wildman–Crippen LogP) is 3.09. The molecule has 2 aliphatic rings. The minimum Gasteiger partial charge on any atom is -0.355 e. The molecule has 3 heterocycles. The smallest absolute Gasteiger partial charge is 0.201 e. The molecule has 1 atom stereocenters. The first-order valence-corrected chi connectivity index (χ1v) is 8.95. The van der Waals surface area contributed by atoms with Gasteiger partial charge in [-0.3, -0.25) is 0 Å². The monoisotopic (exact) mass is 354 g/mol. The second-order valence-electron chi connectivity index (χ2n) is 6.64. The molecule has 0 radical (unpaired) electrons. The molecule has 5 nitrogen and oxygen atoms in total. The topological polar surface area (TPSA) is 51.1 Å². The Morgan fingerprint density at radius 1 is 1.19 bits per heavy atom. The second-order valence-corrected chi connectivity index (χ2v) is 6.64. The minimum absolute atomic E-state index is 0.256. The lowest BCUT2D eigenvalue weighted by Gasteiger charge is -2.35. The van der Waals surface area contributed by atoms with Crippen LogP contribution in [0, 0.1) is 5.82 Å². The molecule has 1 saturated heterocycles. The SMILES string of the molecule is COC1(c2c(-c3ccc(F)cc3)ncn2C2CCNCC2)C=CC=CN1. The van der Waals surface area contributed by atoms with Crippen LogP contribution in [0.5, 0.6) is 0 Å².